The Morgan fingerprint density at radius 2 is 2.08 bits per heavy atom. The molecule has 68 valence electrons. The fourth-order valence-electron chi connectivity index (χ4n) is 1.33. The number of thioether (sulfide) groups is 1. The van der Waals surface area contributed by atoms with Crippen LogP contribution in [0.4, 0.5) is 0 Å². The van der Waals surface area contributed by atoms with E-state index in [-0.39, 0.29) is 6.04 Å². The van der Waals surface area contributed by atoms with Crippen LogP contribution in [0, 0.1) is 0 Å². The van der Waals surface area contributed by atoms with Crippen molar-refractivity contribution in [1.29, 1.82) is 0 Å². The molecule has 1 N–H and O–H groups in total. The average Bonchev–Trinajstić information content (AvgIpc) is 2.49. The Morgan fingerprint density at radius 1 is 1.38 bits per heavy atom. The number of nitrogens with zero attached hydrogens (tertiary/aromatic N) is 1. The van der Waals surface area contributed by atoms with E-state index in [9.17, 15) is 5.21 Å². The maximum atomic E-state index is 9.58. The van der Waals surface area contributed by atoms with Crippen molar-refractivity contribution in [3.63, 3.8) is 0 Å². The minimum atomic E-state index is 0.0266. The van der Waals surface area contributed by atoms with E-state index >= 15 is 0 Å². The van der Waals surface area contributed by atoms with Crippen LogP contribution in [0.5, 0.6) is 0 Å². The molecule has 0 aromatic heterocycles. The topological polar surface area (TPSA) is 23.5 Å². The lowest BCUT2D eigenvalue weighted by atomic mass is 10.1. The maximum Gasteiger partial charge on any atom is 0.160 e. The molecule has 1 heterocycles. The first-order chi connectivity index (χ1) is 6.29. The largest absolute Gasteiger partial charge is 0.286 e. The van der Waals surface area contributed by atoms with Gasteiger partial charge in [0.05, 0.1) is 6.04 Å². The van der Waals surface area contributed by atoms with Gasteiger partial charge in [-0.25, -0.2) is 5.06 Å². The number of benzene rings is 1. The molecule has 1 aliphatic rings. The van der Waals surface area contributed by atoms with Gasteiger partial charge in [-0.15, -0.1) is 0 Å². The van der Waals surface area contributed by atoms with E-state index in [1.807, 2.05) is 30.3 Å². The molecule has 0 bridgehead atoms. The summed E-state index contributed by atoms with van der Waals surface area (Å²) in [6, 6.07) is 9.93. The van der Waals surface area contributed by atoms with E-state index in [2.05, 4.69) is 0 Å². The molecule has 1 fully saturated rings. The second-order valence-electron chi connectivity index (χ2n) is 2.85. The maximum absolute atomic E-state index is 9.58. The van der Waals surface area contributed by atoms with E-state index in [0.717, 1.165) is 11.3 Å². The molecule has 1 saturated heterocycles. The second-order valence-corrected chi connectivity index (χ2v) is 4.50. The summed E-state index contributed by atoms with van der Waals surface area (Å²) in [6.45, 7) is 0. The van der Waals surface area contributed by atoms with Crippen LogP contribution in [0.1, 0.15) is 11.6 Å². The van der Waals surface area contributed by atoms with Crippen LogP contribution in [0.3, 0.4) is 0 Å². The predicted octanol–water partition coefficient (Wildman–Crippen LogP) is 2.45. The van der Waals surface area contributed by atoms with E-state index < -0.39 is 0 Å². The Labute approximate surface area is 86.5 Å². The Kier molecular flexibility index (Phi) is 2.53. The smallest absolute Gasteiger partial charge is 0.160 e. The average molecular weight is 211 g/mol. The summed E-state index contributed by atoms with van der Waals surface area (Å²) in [4.78, 5) is 0. The van der Waals surface area contributed by atoms with E-state index in [1.165, 1.54) is 16.8 Å². The Bertz CT molecular complexity index is 315. The lowest BCUT2D eigenvalue weighted by Gasteiger charge is -2.17. The molecule has 13 heavy (non-hydrogen) atoms. The Morgan fingerprint density at radius 3 is 2.62 bits per heavy atom. The van der Waals surface area contributed by atoms with Crippen molar-refractivity contribution < 1.29 is 5.21 Å². The molecule has 1 aromatic rings. The second kappa shape index (κ2) is 3.65. The standard InChI is InChI=1S/C9H9NOS2/c11-10-8(6-13-9(10)12)7-4-2-1-3-5-7/h1-5,8,11H,6H2. The van der Waals surface area contributed by atoms with Crippen molar-refractivity contribution in [3.8, 4) is 0 Å². The van der Waals surface area contributed by atoms with Gasteiger partial charge >= 0.3 is 0 Å². The molecule has 1 aromatic carbocycles. The molecule has 0 saturated carbocycles. The molecular weight excluding hydrogens is 202 g/mol. The molecule has 4 heteroatoms. The molecule has 0 amide bonds. The van der Waals surface area contributed by atoms with Gasteiger partial charge in [0.15, 0.2) is 4.32 Å². The van der Waals surface area contributed by atoms with Crippen LogP contribution in [0.15, 0.2) is 30.3 Å². The number of hydrogen-bond acceptors (Lipinski definition) is 3. The molecule has 2 rings (SSSR count). The van der Waals surface area contributed by atoms with Crippen LogP contribution in [-0.2, 0) is 0 Å². The SMILES string of the molecule is ON1C(=S)SCC1c1ccccc1. The van der Waals surface area contributed by atoms with Crippen LogP contribution >= 0.6 is 24.0 Å². The van der Waals surface area contributed by atoms with E-state index in [0.29, 0.717) is 4.32 Å². The van der Waals surface area contributed by atoms with Gasteiger partial charge in [0.2, 0.25) is 0 Å². The fraction of sp³-hybridized carbons (Fsp3) is 0.222. The van der Waals surface area contributed by atoms with Gasteiger partial charge in [0.1, 0.15) is 0 Å². The van der Waals surface area contributed by atoms with Gasteiger partial charge in [-0.3, -0.25) is 5.21 Å². The van der Waals surface area contributed by atoms with E-state index in [1.54, 1.807) is 0 Å². The summed E-state index contributed by atoms with van der Waals surface area (Å²) in [7, 11) is 0. The first-order valence-corrected chi connectivity index (χ1v) is 5.38. The van der Waals surface area contributed by atoms with Gasteiger partial charge < -0.3 is 0 Å². The third kappa shape index (κ3) is 1.70. The molecule has 2 nitrogen and oxygen atoms in total. The summed E-state index contributed by atoms with van der Waals surface area (Å²) < 4.78 is 0.564. The highest BCUT2D eigenvalue weighted by Gasteiger charge is 2.28. The van der Waals surface area contributed by atoms with Crippen molar-refractivity contribution in [2.24, 2.45) is 0 Å². The number of thiocarbonyl (C=S) groups is 1. The van der Waals surface area contributed by atoms with Gasteiger partial charge in [0, 0.05) is 5.75 Å². The predicted molar refractivity (Wildman–Crippen MR) is 57.9 cm³/mol. The molecule has 0 radical (unpaired) electrons. The first-order valence-electron chi connectivity index (χ1n) is 3.99. The van der Waals surface area contributed by atoms with Crippen LogP contribution in [0.2, 0.25) is 0 Å². The number of hydroxylamine groups is 2. The zero-order valence-electron chi connectivity index (χ0n) is 6.88. The number of rotatable bonds is 1. The summed E-state index contributed by atoms with van der Waals surface area (Å²) in [5.41, 5.74) is 1.11. The number of hydrogen-bond donors (Lipinski definition) is 1. The monoisotopic (exact) mass is 211 g/mol. The van der Waals surface area contributed by atoms with Crippen LogP contribution in [0.25, 0.3) is 0 Å². The zero-order valence-corrected chi connectivity index (χ0v) is 8.52. The molecule has 0 spiro atoms. The van der Waals surface area contributed by atoms with Crippen molar-refractivity contribution in [2.75, 3.05) is 5.75 Å². The van der Waals surface area contributed by atoms with Gasteiger partial charge in [0.25, 0.3) is 0 Å². The summed E-state index contributed by atoms with van der Waals surface area (Å²) in [5.74, 6) is 0.833. The third-order valence-corrected chi connectivity index (χ3v) is 3.49. The molecule has 0 aliphatic carbocycles. The van der Waals surface area contributed by atoms with Gasteiger partial charge in [-0.05, 0) is 5.56 Å². The lowest BCUT2D eigenvalue weighted by Crippen LogP contribution is -2.22. The fourth-order valence-corrected chi connectivity index (χ4v) is 2.55. The van der Waals surface area contributed by atoms with Gasteiger partial charge in [-0.1, -0.05) is 54.3 Å². The molecule has 1 atom stereocenters. The Hall–Kier alpha value is -0.580. The highest BCUT2D eigenvalue weighted by Crippen LogP contribution is 2.33. The minimum absolute atomic E-state index is 0.0266. The molecule has 1 unspecified atom stereocenters. The zero-order chi connectivity index (χ0) is 9.26. The van der Waals surface area contributed by atoms with Crippen molar-refractivity contribution >= 4 is 28.3 Å². The Balaban J connectivity index is 2.24. The van der Waals surface area contributed by atoms with Crippen molar-refractivity contribution in [2.45, 2.75) is 6.04 Å². The molecular formula is C9H9NOS2. The van der Waals surface area contributed by atoms with Gasteiger partial charge in [-0.2, -0.15) is 0 Å². The highest BCUT2D eigenvalue weighted by molar-refractivity contribution is 8.23. The van der Waals surface area contributed by atoms with Crippen LogP contribution < -0.4 is 0 Å². The summed E-state index contributed by atoms with van der Waals surface area (Å²) in [6.07, 6.45) is 0. The summed E-state index contributed by atoms with van der Waals surface area (Å²) >= 11 is 6.47. The first kappa shape index (κ1) is 8.99. The van der Waals surface area contributed by atoms with Crippen LogP contribution in [-0.4, -0.2) is 20.3 Å². The highest BCUT2D eigenvalue weighted by atomic mass is 32.2. The summed E-state index contributed by atoms with van der Waals surface area (Å²) in [5, 5.41) is 10.8. The minimum Gasteiger partial charge on any atom is -0.286 e. The quantitative estimate of drug-likeness (QED) is 0.721. The van der Waals surface area contributed by atoms with Crippen molar-refractivity contribution in [3.05, 3.63) is 35.9 Å². The van der Waals surface area contributed by atoms with Crippen molar-refractivity contribution in [1.82, 2.24) is 5.06 Å². The van der Waals surface area contributed by atoms with E-state index in [4.69, 9.17) is 12.2 Å². The lowest BCUT2D eigenvalue weighted by molar-refractivity contribution is -0.0371. The normalized spacial score (nSPS) is 22.4. The molecule has 1 aliphatic heterocycles. The third-order valence-electron chi connectivity index (χ3n) is 2.03.